The Morgan fingerprint density at radius 1 is 1.21 bits per heavy atom. The molecule has 152 valence electrons. The van der Waals surface area contributed by atoms with Crippen LogP contribution >= 0.6 is 47.0 Å². The molecule has 1 aromatic carbocycles. The molecule has 0 saturated heterocycles. The molecule has 1 aliphatic rings. The minimum absolute atomic E-state index is 0.0569. The third-order valence-electron chi connectivity index (χ3n) is 4.17. The van der Waals surface area contributed by atoms with Gasteiger partial charge >= 0.3 is 6.18 Å². The van der Waals surface area contributed by atoms with Crippen molar-refractivity contribution in [2.24, 2.45) is 0 Å². The van der Waals surface area contributed by atoms with Gasteiger partial charge in [0.15, 0.2) is 10.8 Å². The van der Waals surface area contributed by atoms with Crippen molar-refractivity contribution < 1.29 is 13.2 Å². The molecule has 1 aromatic heterocycles. The molecule has 1 fully saturated rings. The Balaban J connectivity index is 1.53. The summed E-state index contributed by atoms with van der Waals surface area (Å²) < 4.78 is 40.6. The number of aromatic nitrogens is 2. The minimum Gasteiger partial charge on any atom is -0.362 e. The summed E-state index contributed by atoms with van der Waals surface area (Å²) in [5, 5.41) is 10.6. The number of anilines is 1. The first-order chi connectivity index (χ1) is 13.2. The van der Waals surface area contributed by atoms with Crippen LogP contribution in [-0.4, -0.2) is 21.4 Å². The summed E-state index contributed by atoms with van der Waals surface area (Å²) in [4.78, 5) is 0. The third-order valence-corrected chi connectivity index (χ3v) is 5.53. The lowest BCUT2D eigenvalue weighted by atomic mass is 10.2. The summed E-state index contributed by atoms with van der Waals surface area (Å²) in [7, 11) is 0. The smallest absolute Gasteiger partial charge is 0.362 e. The van der Waals surface area contributed by atoms with Crippen molar-refractivity contribution >= 4 is 57.8 Å². The number of aryl methyl sites for hydroxylation is 1. The van der Waals surface area contributed by atoms with Gasteiger partial charge < -0.3 is 10.6 Å². The molecule has 3 rings (SSSR count). The fraction of sp³-hybridized carbons (Fsp3) is 0.412. The van der Waals surface area contributed by atoms with E-state index in [1.807, 2.05) is 0 Å². The fourth-order valence-corrected chi connectivity index (χ4v) is 3.65. The van der Waals surface area contributed by atoms with Gasteiger partial charge in [0.25, 0.3) is 0 Å². The molecule has 0 aliphatic heterocycles. The number of rotatable bonds is 6. The number of hydrogen-bond donors (Lipinski definition) is 2. The highest BCUT2D eigenvalue weighted by atomic mass is 35.5. The first-order valence-electron chi connectivity index (χ1n) is 8.50. The normalized spacial score (nSPS) is 14.2. The van der Waals surface area contributed by atoms with Crippen molar-refractivity contribution in [3.63, 3.8) is 0 Å². The van der Waals surface area contributed by atoms with E-state index in [4.69, 9.17) is 47.0 Å². The predicted octanol–water partition coefficient (Wildman–Crippen LogP) is 6.12. The van der Waals surface area contributed by atoms with Crippen LogP contribution in [0.2, 0.25) is 15.1 Å². The molecule has 0 amide bonds. The van der Waals surface area contributed by atoms with Gasteiger partial charge in [0.1, 0.15) is 0 Å². The molecular weight excluding hydrogens is 456 g/mol. The topological polar surface area (TPSA) is 41.9 Å². The zero-order valence-corrected chi connectivity index (χ0v) is 17.5. The highest BCUT2D eigenvalue weighted by Crippen LogP contribution is 2.46. The maximum Gasteiger partial charge on any atom is 0.436 e. The second-order valence-electron chi connectivity index (χ2n) is 6.41. The molecule has 1 saturated carbocycles. The van der Waals surface area contributed by atoms with Gasteiger partial charge in [0, 0.05) is 24.7 Å². The second kappa shape index (κ2) is 8.65. The summed E-state index contributed by atoms with van der Waals surface area (Å²) in [5.41, 5.74) is 0.142. The molecular formula is C17H16Cl3F3N4S. The van der Waals surface area contributed by atoms with Crippen LogP contribution in [0, 0.1) is 0 Å². The van der Waals surface area contributed by atoms with Gasteiger partial charge in [-0.3, -0.25) is 4.68 Å². The molecule has 2 N–H and O–H groups in total. The van der Waals surface area contributed by atoms with Gasteiger partial charge in [-0.2, -0.15) is 18.3 Å². The van der Waals surface area contributed by atoms with Crippen molar-refractivity contribution in [3.8, 4) is 0 Å². The van der Waals surface area contributed by atoms with Crippen molar-refractivity contribution in [3.05, 3.63) is 44.7 Å². The lowest BCUT2D eigenvalue weighted by Gasteiger charge is -2.12. The van der Waals surface area contributed by atoms with E-state index in [0.29, 0.717) is 46.0 Å². The Kier molecular flexibility index (Phi) is 6.64. The fourth-order valence-electron chi connectivity index (χ4n) is 2.73. The maximum absolute atomic E-state index is 13.1. The van der Waals surface area contributed by atoms with Gasteiger partial charge in [0.2, 0.25) is 0 Å². The van der Waals surface area contributed by atoms with E-state index in [1.54, 1.807) is 18.2 Å². The van der Waals surface area contributed by atoms with Crippen molar-refractivity contribution in [2.75, 3.05) is 11.9 Å². The molecule has 0 bridgehead atoms. The van der Waals surface area contributed by atoms with E-state index in [0.717, 1.165) is 12.8 Å². The number of thiocarbonyl (C=S) groups is 1. The second-order valence-corrected chi connectivity index (χ2v) is 8.01. The third kappa shape index (κ3) is 5.23. The largest absolute Gasteiger partial charge is 0.436 e. The number of nitrogens with one attached hydrogen (secondary N) is 2. The van der Waals surface area contributed by atoms with Crippen LogP contribution in [0.5, 0.6) is 0 Å². The monoisotopic (exact) mass is 470 g/mol. The lowest BCUT2D eigenvalue weighted by Crippen LogP contribution is -2.30. The molecule has 4 nitrogen and oxygen atoms in total. The Morgan fingerprint density at radius 2 is 1.93 bits per heavy atom. The summed E-state index contributed by atoms with van der Waals surface area (Å²) in [6.45, 7) is 0.764. The SMILES string of the molecule is FC(F)(F)c1nn(CCCNC(=S)Nc2ccc(Cl)c(Cl)c2)c(C2CC2)c1Cl. The molecule has 28 heavy (non-hydrogen) atoms. The number of hydrogen-bond acceptors (Lipinski definition) is 2. The zero-order chi connectivity index (χ0) is 20.5. The van der Waals surface area contributed by atoms with Gasteiger partial charge in [-0.05, 0) is 49.7 Å². The van der Waals surface area contributed by atoms with E-state index >= 15 is 0 Å². The Labute approximate surface area is 180 Å². The Morgan fingerprint density at radius 3 is 2.54 bits per heavy atom. The van der Waals surface area contributed by atoms with Crippen molar-refractivity contribution in [1.82, 2.24) is 15.1 Å². The summed E-state index contributed by atoms with van der Waals surface area (Å²) >= 11 is 23.0. The standard InChI is InChI=1S/C17H16Cl3F3N4S/c18-11-5-4-10(8-12(11)19)25-16(28)24-6-1-7-27-14(9-2-3-9)13(20)15(26-27)17(21,22)23/h4-5,8-9H,1-3,6-7H2,(H2,24,25,28). The number of benzene rings is 1. The van der Waals surface area contributed by atoms with Crippen molar-refractivity contribution in [2.45, 2.75) is 37.9 Å². The predicted molar refractivity (Wildman–Crippen MR) is 110 cm³/mol. The first kappa shape index (κ1) is 21.5. The maximum atomic E-state index is 13.1. The minimum atomic E-state index is -4.56. The Bertz CT molecular complexity index is 881. The first-order valence-corrected chi connectivity index (χ1v) is 10.0. The van der Waals surface area contributed by atoms with Crippen LogP contribution in [-0.2, 0) is 12.7 Å². The number of halogens is 6. The van der Waals surface area contributed by atoms with Crippen LogP contribution < -0.4 is 10.6 Å². The molecule has 2 aromatic rings. The summed E-state index contributed by atoms with van der Waals surface area (Å²) in [6.07, 6.45) is -2.37. The van der Waals surface area contributed by atoms with Gasteiger partial charge in [-0.1, -0.05) is 34.8 Å². The highest BCUT2D eigenvalue weighted by molar-refractivity contribution is 7.80. The quantitative estimate of drug-likeness (QED) is 0.394. The average Bonchev–Trinajstić information content (AvgIpc) is 3.37. The zero-order valence-electron chi connectivity index (χ0n) is 14.4. The molecule has 11 heteroatoms. The van der Waals surface area contributed by atoms with Crippen LogP contribution in [0.4, 0.5) is 18.9 Å². The van der Waals surface area contributed by atoms with Gasteiger partial charge in [-0.25, -0.2) is 0 Å². The highest BCUT2D eigenvalue weighted by Gasteiger charge is 2.41. The molecule has 0 unspecified atom stereocenters. The molecule has 1 aliphatic carbocycles. The molecule has 0 atom stereocenters. The number of alkyl halides is 3. The van der Waals surface area contributed by atoms with E-state index in [9.17, 15) is 13.2 Å². The summed E-state index contributed by atoms with van der Waals surface area (Å²) in [5.74, 6) is 0.0569. The van der Waals surface area contributed by atoms with E-state index in [1.165, 1.54) is 4.68 Å². The van der Waals surface area contributed by atoms with Crippen LogP contribution in [0.3, 0.4) is 0 Å². The van der Waals surface area contributed by atoms with Gasteiger partial charge in [-0.15, -0.1) is 0 Å². The van der Waals surface area contributed by atoms with Crippen molar-refractivity contribution in [1.29, 1.82) is 0 Å². The van der Waals surface area contributed by atoms with Gasteiger partial charge in [0.05, 0.1) is 20.8 Å². The Hall–Kier alpha value is -1.22. The molecule has 1 heterocycles. The van der Waals surface area contributed by atoms with Crippen LogP contribution in [0.1, 0.15) is 36.6 Å². The van der Waals surface area contributed by atoms with Crippen LogP contribution in [0.25, 0.3) is 0 Å². The lowest BCUT2D eigenvalue weighted by molar-refractivity contribution is -0.141. The number of nitrogens with zero attached hydrogens (tertiary/aromatic N) is 2. The molecule has 0 radical (unpaired) electrons. The van der Waals surface area contributed by atoms with E-state index in [2.05, 4.69) is 15.7 Å². The summed E-state index contributed by atoms with van der Waals surface area (Å²) in [6, 6.07) is 5.02. The molecule has 0 spiro atoms. The van der Waals surface area contributed by atoms with E-state index < -0.39 is 11.9 Å². The van der Waals surface area contributed by atoms with E-state index in [-0.39, 0.29) is 10.9 Å². The average molecular weight is 472 g/mol. The van der Waals surface area contributed by atoms with Crippen LogP contribution in [0.15, 0.2) is 18.2 Å².